The number of aromatic nitrogens is 4. The molecule has 0 aliphatic carbocycles. The lowest BCUT2D eigenvalue weighted by atomic mass is 10.2. The predicted octanol–water partition coefficient (Wildman–Crippen LogP) is 2.10. The van der Waals surface area contributed by atoms with Crippen LogP contribution in [-0.2, 0) is 6.54 Å². The molecule has 4 rings (SSSR count). The zero-order valence-electron chi connectivity index (χ0n) is 14.6. The summed E-state index contributed by atoms with van der Waals surface area (Å²) < 4.78 is 18.8. The number of nitrogen functional groups attached to an aromatic ring is 1. The van der Waals surface area contributed by atoms with E-state index >= 15 is 0 Å². The Balaban J connectivity index is 1.87. The number of ether oxygens (including phenoxy) is 3. The van der Waals surface area contributed by atoms with Gasteiger partial charge in [-0.3, -0.25) is 0 Å². The third kappa shape index (κ3) is 2.90. The Morgan fingerprint density at radius 2 is 1.92 bits per heavy atom. The van der Waals surface area contributed by atoms with Crippen molar-refractivity contribution in [2.24, 2.45) is 0 Å². The van der Waals surface area contributed by atoms with E-state index in [0.717, 1.165) is 11.4 Å². The van der Waals surface area contributed by atoms with Crippen molar-refractivity contribution in [3.8, 4) is 17.5 Å². The van der Waals surface area contributed by atoms with Crippen LogP contribution in [-0.4, -0.2) is 39.8 Å². The Morgan fingerprint density at radius 1 is 1.12 bits per heavy atom. The Kier molecular flexibility index (Phi) is 4.08. The Hall–Kier alpha value is -3.29. The predicted molar refractivity (Wildman–Crippen MR) is 96.7 cm³/mol. The molecule has 1 aromatic carbocycles. The van der Waals surface area contributed by atoms with Gasteiger partial charge in [0, 0.05) is 0 Å². The summed E-state index contributed by atoms with van der Waals surface area (Å²) in [5.41, 5.74) is 8.29. The van der Waals surface area contributed by atoms with Crippen LogP contribution in [0.15, 0.2) is 30.4 Å². The summed E-state index contributed by atoms with van der Waals surface area (Å²) in [5.74, 6) is 2.47. The van der Waals surface area contributed by atoms with Crippen LogP contribution in [0.25, 0.3) is 11.2 Å². The lowest BCUT2D eigenvalue weighted by Gasteiger charge is -2.13. The standard InChI is InChI=1S/C18H19N5O3/c1-11-20-15-16(19)21-18-22-17(15)23(11)10-12-5-6-13(24-2)14(9-12)25-7-3-4-8-26-18/h3-6,9H,7-8,10H2,1-2H3,(H2,19,21,22)/b4-3-. The Labute approximate surface area is 150 Å². The second-order valence-corrected chi connectivity index (χ2v) is 5.89. The molecule has 3 heterocycles. The van der Waals surface area contributed by atoms with Gasteiger partial charge in [-0.15, -0.1) is 0 Å². The van der Waals surface area contributed by atoms with E-state index in [1.165, 1.54) is 0 Å². The van der Waals surface area contributed by atoms with Crippen LogP contribution >= 0.6 is 0 Å². The number of aryl methyl sites for hydroxylation is 1. The number of nitrogens with two attached hydrogens (primary N) is 1. The van der Waals surface area contributed by atoms with Crippen molar-refractivity contribution in [3.05, 3.63) is 41.7 Å². The number of fused-ring (bicyclic) bond motifs is 3. The number of nitrogens with zero attached hydrogens (tertiary/aromatic N) is 4. The monoisotopic (exact) mass is 353 g/mol. The molecule has 0 spiro atoms. The molecule has 134 valence electrons. The fourth-order valence-corrected chi connectivity index (χ4v) is 2.88. The van der Waals surface area contributed by atoms with Gasteiger partial charge in [-0.25, -0.2) is 4.98 Å². The minimum Gasteiger partial charge on any atom is -0.493 e. The van der Waals surface area contributed by atoms with E-state index in [0.29, 0.717) is 48.2 Å². The molecule has 0 atom stereocenters. The van der Waals surface area contributed by atoms with Gasteiger partial charge in [0.05, 0.1) is 13.7 Å². The van der Waals surface area contributed by atoms with E-state index < -0.39 is 0 Å². The lowest BCUT2D eigenvalue weighted by molar-refractivity contribution is 0.319. The van der Waals surface area contributed by atoms with E-state index in [2.05, 4.69) is 15.0 Å². The summed E-state index contributed by atoms with van der Waals surface area (Å²) in [5, 5.41) is 0. The zero-order chi connectivity index (χ0) is 18.1. The third-order valence-electron chi connectivity index (χ3n) is 4.17. The van der Waals surface area contributed by atoms with E-state index in [9.17, 15) is 0 Å². The van der Waals surface area contributed by atoms with Gasteiger partial charge in [0.15, 0.2) is 28.5 Å². The van der Waals surface area contributed by atoms with Crippen LogP contribution in [0, 0.1) is 6.92 Å². The first-order chi connectivity index (χ1) is 12.7. The number of rotatable bonds is 1. The van der Waals surface area contributed by atoms with E-state index in [1.54, 1.807) is 7.11 Å². The quantitative estimate of drug-likeness (QED) is 0.669. The molecular formula is C18H19N5O3. The summed E-state index contributed by atoms with van der Waals surface area (Å²) in [4.78, 5) is 13.2. The van der Waals surface area contributed by atoms with Crippen LogP contribution < -0.4 is 19.9 Å². The molecule has 4 bridgehead atoms. The highest BCUT2D eigenvalue weighted by atomic mass is 16.5. The number of anilines is 1. The van der Waals surface area contributed by atoms with Crippen LogP contribution in [0.4, 0.5) is 5.82 Å². The van der Waals surface area contributed by atoms with Gasteiger partial charge in [0.25, 0.3) is 0 Å². The van der Waals surface area contributed by atoms with E-state index in [1.807, 2.05) is 41.8 Å². The minimum atomic E-state index is 0.231. The highest BCUT2D eigenvalue weighted by Crippen LogP contribution is 2.29. The van der Waals surface area contributed by atoms with Crippen LogP contribution in [0.2, 0.25) is 0 Å². The second kappa shape index (κ2) is 6.55. The van der Waals surface area contributed by atoms with E-state index in [4.69, 9.17) is 19.9 Å². The maximum atomic E-state index is 6.05. The minimum absolute atomic E-state index is 0.231. The van der Waals surface area contributed by atoms with Gasteiger partial charge < -0.3 is 24.5 Å². The lowest BCUT2D eigenvalue weighted by Crippen LogP contribution is -2.07. The first-order valence-electron chi connectivity index (χ1n) is 8.23. The SMILES string of the molecule is COc1ccc2cc1OC/C=C\COc1nc(N)c3nc(C)n(c3n1)C2. The third-order valence-corrected chi connectivity index (χ3v) is 4.17. The van der Waals surface area contributed by atoms with Gasteiger partial charge >= 0.3 is 6.01 Å². The first-order valence-corrected chi connectivity index (χ1v) is 8.23. The molecule has 8 nitrogen and oxygen atoms in total. The topological polar surface area (TPSA) is 97.3 Å². The van der Waals surface area contributed by atoms with Crippen LogP contribution in [0.1, 0.15) is 11.4 Å². The number of hydrogen-bond acceptors (Lipinski definition) is 7. The number of methoxy groups -OCH3 is 1. The highest BCUT2D eigenvalue weighted by Gasteiger charge is 2.16. The molecule has 0 saturated heterocycles. The summed E-state index contributed by atoms with van der Waals surface area (Å²) in [7, 11) is 1.62. The maximum Gasteiger partial charge on any atom is 0.320 e. The number of hydrogen-bond donors (Lipinski definition) is 1. The van der Waals surface area contributed by atoms with Crippen LogP contribution in [0.3, 0.4) is 0 Å². The second-order valence-electron chi connectivity index (χ2n) is 5.89. The normalized spacial score (nSPS) is 15.2. The molecule has 0 fully saturated rings. The van der Waals surface area contributed by atoms with E-state index in [-0.39, 0.29) is 6.01 Å². The van der Waals surface area contributed by atoms with Crippen molar-refractivity contribution in [2.45, 2.75) is 13.5 Å². The van der Waals surface area contributed by atoms with Gasteiger partial charge in [-0.2, -0.15) is 9.97 Å². The maximum absolute atomic E-state index is 6.05. The van der Waals surface area contributed by atoms with Gasteiger partial charge in [0.2, 0.25) is 0 Å². The van der Waals surface area contributed by atoms with Crippen molar-refractivity contribution in [1.82, 2.24) is 19.5 Å². The van der Waals surface area contributed by atoms with Crippen molar-refractivity contribution < 1.29 is 14.2 Å². The van der Waals surface area contributed by atoms with Crippen molar-refractivity contribution in [2.75, 3.05) is 26.1 Å². The molecule has 2 aromatic heterocycles. The van der Waals surface area contributed by atoms with Crippen LogP contribution in [0.5, 0.6) is 17.5 Å². The zero-order valence-corrected chi connectivity index (χ0v) is 14.6. The number of benzene rings is 1. The molecule has 1 aliphatic rings. The average molecular weight is 353 g/mol. The highest BCUT2D eigenvalue weighted by molar-refractivity contribution is 5.82. The summed E-state index contributed by atoms with van der Waals surface area (Å²) in [6, 6.07) is 6.08. The smallest absolute Gasteiger partial charge is 0.320 e. The fourth-order valence-electron chi connectivity index (χ4n) is 2.88. The first kappa shape index (κ1) is 16.2. The summed E-state index contributed by atoms with van der Waals surface area (Å²) >= 11 is 0. The Bertz CT molecular complexity index is 996. The molecule has 0 amide bonds. The van der Waals surface area contributed by atoms with Gasteiger partial charge in [0.1, 0.15) is 19.0 Å². The molecule has 3 aromatic rings. The number of imidazole rings is 1. The molecule has 0 radical (unpaired) electrons. The molecule has 2 N–H and O–H groups in total. The van der Waals surface area contributed by atoms with Gasteiger partial charge in [-0.1, -0.05) is 6.07 Å². The molecule has 0 saturated carbocycles. The summed E-state index contributed by atoms with van der Waals surface area (Å²) in [6.45, 7) is 3.20. The average Bonchev–Trinajstić information content (AvgIpc) is 2.94. The molecule has 26 heavy (non-hydrogen) atoms. The molecular weight excluding hydrogens is 334 g/mol. The molecule has 0 unspecified atom stereocenters. The fraction of sp³-hybridized carbons (Fsp3) is 0.278. The van der Waals surface area contributed by atoms with Crippen molar-refractivity contribution in [3.63, 3.8) is 0 Å². The van der Waals surface area contributed by atoms with Crippen molar-refractivity contribution in [1.29, 1.82) is 0 Å². The summed E-state index contributed by atoms with van der Waals surface area (Å²) in [6.07, 6.45) is 3.71. The van der Waals surface area contributed by atoms with Gasteiger partial charge in [-0.05, 0) is 36.8 Å². The molecule has 1 aliphatic heterocycles. The largest absolute Gasteiger partial charge is 0.493 e. The van der Waals surface area contributed by atoms with Crippen molar-refractivity contribution >= 4 is 17.0 Å². The Morgan fingerprint density at radius 3 is 2.73 bits per heavy atom. The molecule has 8 heteroatoms.